The van der Waals surface area contributed by atoms with E-state index in [0.717, 1.165) is 36.8 Å². The average molecular weight is 1140 g/mol. The lowest BCUT2D eigenvalue weighted by Gasteiger charge is -2.54. The molecule has 19 heteroatoms. The monoisotopic (exact) mass is 1140 g/mol. The van der Waals surface area contributed by atoms with Gasteiger partial charge in [0.2, 0.25) is 0 Å². The molecule has 81 heavy (non-hydrogen) atoms. The molecule has 0 radical (unpaired) electrons. The molecule has 2 spiro atoms. The van der Waals surface area contributed by atoms with Crippen molar-refractivity contribution >= 4 is 5.97 Å². The second-order valence-corrected chi connectivity index (χ2v) is 28.7. The van der Waals surface area contributed by atoms with Gasteiger partial charge in [-0.25, -0.2) is 0 Å². The fourth-order valence-corrected chi connectivity index (χ4v) is 18.8. The van der Waals surface area contributed by atoms with Crippen molar-refractivity contribution in [3.8, 4) is 0 Å². The summed E-state index contributed by atoms with van der Waals surface area (Å²) in [5, 5.41) is 32.4. The zero-order chi connectivity index (χ0) is 55.6. The summed E-state index contributed by atoms with van der Waals surface area (Å²) in [6.45, 7) is 19.6. The highest BCUT2D eigenvalue weighted by molar-refractivity contribution is 5.70. The summed E-state index contributed by atoms with van der Waals surface area (Å²) in [7, 11) is 0. The first-order chi connectivity index (χ1) is 38.8. The topological polar surface area (TPSA) is 216 Å². The van der Waals surface area contributed by atoms with Crippen LogP contribution in [0.25, 0.3) is 0 Å². The van der Waals surface area contributed by atoms with Crippen LogP contribution in [0.3, 0.4) is 0 Å². The Morgan fingerprint density at radius 3 is 2.06 bits per heavy atom. The molecular weight excluding hydrogens is 1050 g/mol. The fraction of sp³-hybridized carbons (Fsp3) is 0.919. The van der Waals surface area contributed by atoms with E-state index in [9.17, 15) is 20.1 Å². The first-order valence-corrected chi connectivity index (χ1v) is 31.7. The van der Waals surface area contributed by atoms with Gasteiger partial charge in [-0.2, -0.15) is 0 Å². The molecule has 15 aliphatic rings. The van der Waals surface area contributed by atoms with E-state index in [4.69, 9.17) is 71.1 Å². The molecule has 0 amide bonds. The van der Waals surface area contributed by atoms with E-state index in [1.165, 1.54) is 0 Å². The number of ether oxygens (including phenoxy) is 15. The zero-order valence-corrected chi connectivity index (χ0v) is 48.1. The lowest BCUT2D eigenvalue weighted by molar-refractivity contribution is -0.369. The Morgan fingerprint density at radius 2 is 1.22 bits per heavy atom. The van der Waals surface area contributed by atoms with Crippen molar-refractivity contribution in [3.63, 3.8) is 0 Å². The maximum absolute atomic E-state index is 14.6. The van der Waals surface area contributed by atoms with Gasteiger partial charge in [0.05, 0.1) is 135 Å². The van der Waals surface area contributed by atoms with Gasteiger partial charge in [0.25, 0.3) is 0 Å². The van der Waals surface area contributed by atoms with E-state index < -0.39 is 71.8 Å². The van der Waals surface area contributed by atoms with Crippen molar-refractivity contribution in [2.45, 2.75) is 326 Å². The maximum Gasteiger partial charge on any atom is 0.308 e. The van der Waals surface area contributed by atoms with Crippen LogP contribution in [-0.2, 0) is 75.8 Å². The maximum atomic E-state index is 14.6. The van der Waals surface area contributed by atoms with E-state index >= 15 is 0 Å². The van der Waals surface area contributed by atoms with Gasteiger partial charge in [-0.3, -0.25) is 4.79 Å². The molecule has 3 N–H and O–H groups in total. The Morgan fingerprint density at radius 1 is 0.531 bits per heavy atom. The average Bonchev–Trinajstić information content (AvgIpc) is 4.33. The van der Waals surface area contributed by atoms with Crippen molar-refractivity contribution in [3.05, 3.63) is 24.3 Å². The zero-order valence-electron chi connectivity index (χ0n) is 48.1. The molecular formula is C62H90O19. The quantitative estimate of drug-likeness (QED) is 0.223. The van der Waals surface area contributed by atoms with Gasteiger partial charge in [-0.1, -0.05) is 40.9 Å². The SMILES string of the molecule is C=C1C[C@@H]2CC[C@@]3(O)C[C@]4(C)C[C@@H]5O[C@H]6CC[C@H](CC(=O)O[C@@H]7[C@@H](C)[C@@H]8O[C@@H]9C[C@]%10(C[C@@H]%11O[C@]%12(C[C@H](C)[C@@H]%13O[C@@H]%14C[C@@H]([C@@H](O)CO)O[C@@H]%14C[C@@H]%13O%12)C[C@H](C)[C@@H]%11O%10)O[C@@H]9C[C@@H]8O[C@H]7C[C@H]7O[C@@H](CC[C@@H]1O2)C[C@@H](C)C7=C)O[C@@H]6[C@H](O3)[C@@H]5O4. The number of hydrogen-bond acceptors (Lipinski definition) is 19. The van der Waals surface area contributed by atoms with Gasteiger partial charge in [0.1, 0.15) is 30.5 Å². The Hall–Kier alpha value is -1.73. The molecule has 0 saturated carbocycles. The lowest BCUT2D eigenvalue weighted by atomic mass is 9.78. The van der Waals surface area contributed by atoms with Crippen LogP contribution in [0, 0.1) is 23.7 Å². The standard InChI is InChI=1S/C62H90O19/c1-28-14-34-8-10-38-29(2)15-36(67-38)12-13-60(66)27-59(7)23-49-57(79-59)58(80-60)56-39(70-49)11-9-35(69-56)16-51(65)75-55-33(6)54-46(72-45(55)17-40(68-34)32(28)5)20-44-48(74-54)24-62(76-44)25-50-53(81-62)31(4)22-61(78-50)21-30(3)52-47(77-61)19-42-43(73-52)18-41(71-42)37(64)26-63/h28,30-31,33-50,52-58,63-64,66H,2,5,8-27H2,1,3-4,6-7H3/t28-,30+,31+,33+,34+,35-,36+,37+,38+,39+,40-,41+,42-,43-,44-,45+,46+,47+,48-,49+,50+,52+,53+,54+,55-,56+,57-,58+,59+,60+,61-,62+/m1/s1. The van der Waals surface area contributed by atoms with E-state index in [0.29, 0.717) is 89.9 Å². The smallest absolute Gasteiger partial charge is 0.308 e. The first kappa shape index (κ1) is 55.8. The normalized spacial score (nSPS) is 58.0. The van der Waals surface area contributed by atoms with Crippen LogP contribution < -0.4 is 0 Å². The summed E-state index contributed by atoms with van der Waals surface area (Å²) in [6, 6.07) is 0. The number of esters is 1. The number of carbonyl (C=O) groups is 1. The molecule has 15 aliphatic heterocycles. The van der Waals surface area contributed by atoms with Gasteiger partial charge in [0.15, 0.2) is 17.4 Å². The minimum atomic E-state index is -1.47. The summed E-state index contributed by atoms with van der Waals surface area (Å²) < 4.78 is 103. The van der Waals surface area contributed by atoms with Crippen LogP contribution in [0.15, 0.2) is 24.3 Å². The molecule has 32 atom stereocenters. The molecule has 15 heterocycles. The predicted octanol–water partition coefficient (Wildman–Crippen LogP) is 5.71. The molecule has 10 bridgehead atoms. The van der Waals surface area contributed by atoms with Crippen LogP contribution in [0.2, 0.25) is 0 Å². The molecule has 0 aromatic heterocycles. The third-order valence-corrected chi connectivity index (χ3v) is 22.5. The number of rotatable bonds is 2. The molecule has 0 aromatic rings. The minimum Gasteiger partial charge on any atom is -0.459 e. The van der Waals surface area contributed by atoms with Crippen molar-refractivity contribution in [2.75, 3.05) is 6.61 Å². The van der Waals surface area contributed by atoms with Crippen molar-refractivity contribution in [2.24, 2.45) is 23.7 Å². The summed E-state index contributed by atoms with van der Waals surface area (Å²) in [5.41, 5.74) is 1.46. The van der Waals surface area contributed by atoms with Gasteiger partial charge >= 0.3 is 5.97 Å². The van der Waals surface area contributed by atoms with Crippen molar-refractivity contribution in [1.82, 2.24) is 0 Å². The van der Waals surface area contributed by atoms with Crippen LogP contribution >= 0.6 is 0 Å². The third kappa shape index (κ3) is 10.0. The fourth-order valence-electron chi connectivity index (χ4n) is 18.8. The molecule has 15 fully saturated rings. The van der Waals surface area contributed by atoms with E-state index in [-0.39, 0.29) is 140 Å². The van der Waals surface area contributed by atoms with Gasteiger partial charge < -0.3 is 86.4 Å². The molecule has 0 unspecified atom stereocenters. The van der Waals surface area contributed by atoms with Gasteiger partial charge in [-0.05, 0) is 80.8 Å². The van der Waals surface area contributed by atoms with Crippen LogP contribution in [0.4, 0.5) is 0 Å². The second-order valence-electron chi connectivity index (χ2n) is 28.7. The number of aliphatic hydroxyl groups excluding tert-OH is 2. The minimum absolute atomic E-state index is 0.0291. The molecule has 0 aromatic carbocycles. The molecule has 0 aliphatic carbocycles. The largest absolute Gasteiger partial charge is 0.459 e. The predicted molar refractivity (Wildman–Crippen MR) is 283 cm³/mol. The first-order valence-electron chi connectivity index (χ1n) is 31.7. The van der Waals surface area contributed by atoms with Crippen molar-refractivity contribution < 1.29 is 91.2 Å². The number of carbonyl (C=O) groups excluding carboxylic acids is 1. The van der Waals surface area contributed by atoms with Crippen LogP contribution in [0.1, 0.15) is 157 Å². The summed E-state index contributed by atoms with van der Waals surface area (Å²) in [4.78, 5) is 14.6. The number of aliphatic hydroxyl groups is 3. The van der Waals surface area contributed by atoms with E-state index in [2.05, 4.69) is 47.8 Å². The molecule has 15 saturated heterocycles. The highest BCUT2D eigenvalue weighted by Gasteiger charge is 2.67. The lowest BCUT2D eigenvalue weighted by Crippen LogP contribution is -2.62. The van der Waals surface area contributed by atoms with Crippen molar-refractivity contribution in [1.29, 1.82) is 0 Å². The molecule has 19 nitrogen and oxygen atoms in total. The van der Waals surface area contributed by atoms with E-state index in [1.54, 1.807) is 0 Å². The van der Waals surface area contributed by atoms with Gasteiger partial charge in [0, 0.05) is 76.5 Å². The highest BCUT2D eigenvalue weighted by atomic mass is 16.8. The molecule has 15 rings (SSSR count). The molecule has 452 valence electrons. The second kappa shape index (κ2) is 20.7. The number of fused-ring (bicyclic) bond motifs is 13. The highest BCUT2D eigenvalue weighted by Crippen LogP contribution is 2.57. The summed E-state index contributed by atoms with van der Waals surface area (Å²) in [6.07, 6.45) is 2.95. The van der Waals surface area contributed by atoms with Crippen LogP contribution in [-0.4, -0.2) is 197 Å². The van der Waals surface area contributed by atoms with Gasteiger partial charge in [-0.15, -0.1) is 0 Å². The number of hydrogen-bond donors (Lipinski definition) is 3. The van der Waals surface area contributed by atoms with Crippen LogP contribution in [0.5, 0.6) is 0 Å². The Labute approximate surface area is 476 Å². The Kier molecular flexibility index (Phi) is 14.3. The summed E-state index contributed by atoms with van der Waals surface area (Å²) >= 11 is 0. The Bertz CT molecular complexity index is 2410. The summed E-state index contributed by atoms with van der Waals surface area (Å²) in [5.74, 6) is -3.35. The third-order valence-electron chi connectivity index (χ3n) is 22.5. The van der Waals surface area contributed by atoms with E-state index in [1.807, 2.05) is 0 Å². The Balaban J connectivity index is 0.656.